The van der Waals surface area contributed by atoms with Crippen LogP contribution in [0.3, 0.4) is 0 Å². The van der Waals surface area contributed by atoms with Crippen molar-refractivity contribution in [2.45, 2.75) is 64.3 Å². The molecule has 1 saturated heterocycles. The lowest BCUT2D eigenvalue weighted by molar-refractivity contribution is -0.0131. The van der Waals surface area contributed by atoms with Crippen LogP contribution >= 0.6 is 0 Å². The van der Waals surface area contributed by atoms with E-state index in [9.17, 15) is 9.90 Å². The van der Waals surface area contributed by atoms with E-state index >= 15 is 0 Å². The molecule has 1 aromatic carbocycles. The van der Waals surface area contributed by atoms with E-state index in [0.29, 0.717) is 18.9 Å². The molecule has 0 radical (unpaired) electrons. The number of aliphatic hydroxyl groups is 1. The van der Waals surface area contributed by atoms with Crippen LogP contribution in [-0.4, -0.2) is 58.4 Å². The van der Waals surface area contributed by atoms with Crippen LogP contribution in [0.5, 0.6) is 0 Å². The van der Waals surface area contributed by atoms with Gasteiger partial charge in [0.15, 0.2) is 0 Å². The van der Waals surface area contributed by atoms with Gasteiger partial charge in [-0.25, -0.2) is 4.79 Å². The Morgan fingerprint density at radius 3 is 2.54 bits per heavy atom. The van der Waals surface area contributed by atoms with Gasteiger partial charge in [0, 0.05) is 26.2 Å². The number of hydrogen-bond acceptors (Lipinski definition) is 4. The SMILES string of the molecule is CC(C)(C)OC(=O)N1CCN(Cc2ccccc2)C[C@H]1CC(O)C1CC1. The van der Waals surface area contributed by atoms with Gasteiger partial charge in [0.05, 0.1) is 12.1 Å². The van der Waals surface area contributed by atoms with Crippen LogP contribution in [0.1, 0.15) is 45.6 Å². The van der Waals surface area contributed by atoms with Crippen molar-refractivity contribution >= 4 is 6.09 Å². The van der Waals surface area contributed by atoms with Gasteiger partial charge >= 0.3 is 6.09 Å². The summed E-state index contributed by atoms with van der Waals surface area (Å²) in [5.41, 5.74) is 0.775. The van der Waals surface area contributed by atoms with Crippen LogP contribution in [0, 0.1) is 5.92 Å². The van der Waals surface area contributed by atoms with Crippen LogP contribution < -0.4 is 0 Å². The Kier molecular flexibility index (Phi) is 5.88. The highest BCUT2D eigenvalue weighted by Gasteiger charge is 2.38. The van der Waals surface area contributed by atoms with Crippen molar-refractivity contribution in [3.05, 3.63) is 35.9 Å². The lowest BCUT2D eigenvalue weighted by Gasteiger charge is -2.42. The summed E-state index contributed by atoms with van der Waals surface area (Å²) in [4.78, 5) is 16.9. The van der Waals surface area contributed by atoms with E-state index in [-0.39, 0.29) is 18.2 Å². The first-order chi connectivity index (χ1) is 12.3. The summed E-state index contributed by atoms with van der Waals surface area (Å²) in [6, 6.07) is 10.4. The molecule has 2 atom stereocenters. The van der Waals surface area contributed by atoms with Gasteiger partial charge < -0.3 is 14.7 Å². The fourth-order valence-corrected chi connectivity index (χ4v) is 3.62. The van der Waals surface area contributed by atoms with Crippen molar-refractivity contribution in [2.75, 3.05) is 19.6 Å². The molecule has 1 aromatic rings. The molecule has 1 N–H and O–H groups in total. The zero-order valence-corrected chi connectivity index (χ0v) is 16.2. The number of aliphatic hydroxyl groups excluding tert-OH is 1. The second kappa shape index (κ2) is 7.97. The van der Waals surface area contributed by atoms with Gasteiger partial charge in [-0.05, 0) is 51.5 Å². The molecule has 1 amide bonds. The normalized spacial score (nSPS) is 22.9. The van der Waals surface area contributed by atoms with Crippen LogP contribution in [0.15, 0.2) is 30.3 Å². The third-order valence-electron chi connectivity index (χ3n) is 5.12. The molecule has 0 bridgehead atoms. The maximum atomic E-state index is 12.7. The molecule has 1 saturated carbocycles. The summed E-state index contributed by atoms with van der Waals surface area (Å²) in [7, 11) is 0. The molecule has 1 unspecified atom stereocenters. The highest BCUT2D eigenvalue weighted by Crippen LogP contribution is 2.35. The molecule has 144 valence electrons. The van der Waals surface area contributed by atoms with E-state index in [4.69, 9.17) is 4.74 Å². The molecule has 5 nitrogen and oxygen atoms in total. The van der Waals surface area contributed by atoms with Gasteiger partial charge in [-0.1, -0.05) is 30.3 Å². The molecule has 2 aliphatic rings. The highest BCUT2D eigenvalue weighted by molar-refractivity contribution is 5.68. The van der Waals surface area contributed by atoms with E-state index < -0.39 is 5.60 Å². The van der Waals surface area contributed by atoms with Gasteiger partial charge in [0.2, 0.25) is 0 Å². The number of rotatable bonds is 5. The summed E-state index contributed by atoms with van der Waals surface area (Å²) in [5.74, 6) is 0.417. The van der Waals surface area contributed by atoms with Crippen LogP contribution in [0.25, 0.3) is 0 Å². The average molecular weight is 360 g/mol. The molecule has 1 aliphatic heterocycles. The maximum absolute atomic E-state index is 12.7. The summed E-state index contributed by atoms with van der Waals surface area (Å²) < 4.78 is 5.61. The first kappa shape index (κ1) is 19.2. The van der Waals surface area contributed by atoms with Crippen molar-refractivity contribution in [1.29, 1.82) is 0 Å². The van der Waals surface area contributed by atoms with Crippen molar-refractivity contribution in [2.24, 2.45) is 5.92 Å². The van der Waals surface area contributed by atoms with Gasteiger partial charge in [-0.2, -0.15) is 0 Å². The van der Waals surface area contributed by atoms with Gasteiger partial charge in [0.1, 0.15) is 5.60 Å². The topological polar surface area (TPSA) is 53.0 Å². The Bertz CT molecular complexity index is 595. The quantitative estimate of drug-likeness (QED) is 0.876. The summed E-state index contributed by atoms with van der Waals surface area (Å²) in [5, 5.41) is 10.5. The predicted octanol–water partition coefficient (Wildman–Crippen LogP) is 3.27. The molecule has 5 heteroatoms. The molecule has 3 rings (SSSR count). The van der Waals surface area contributed by atoms with Crippen LogP contribution in [-0.2, 0) is 11.3 Å². The van der Waals surface area contributed by atoms with E-state index in [0.717, 1.165) is 32.5 Å². The monoisotopic (exact) mass is 360 g/mol. The third kappa shape index (κ3) is 5.45. The van der Waals surface area contributed by atoms with Gasteiger partial charge in [-0.15, -0.1) is 0 Å². The molecule has 0 spiro atoms. The Morgan fingerprint density at radius 2 is 1.92 bits per heavy atom. The number of hydrogen-bond donors (Lipinski definition) is 1. The number of carbonyl (C=O) groups is 1. The van der Waals surface area contributed by atoms with Crippen molar-refractivity contribution < 1.29 is 14.6 Å². The number of piperazine rings is 1. The Labute approximate surface area is 156 Å². The Balaban J connectivity index is 1.65. The van der Waals surface area contributed by atoms with Crippen LogP contribution in [0.2, 0.25) is 0 Å². The molecule has 0 aromatic heterocycles. The van der Waals surface area contributed by atoms with E-state index in [1.54, 1.807) is 0 Å². The molecule has 1 aliphatic carbocycles. The largest absolute Gasteiger partial charge is 0.444 e. The molecular weight excluding hydrogens is 328 g/mol. The number of nitrogens with zero attached hydrogens (tertiary/aromatic N) is 2. The second-order valence-corrected chi connectivity index (χ2v) is 8.69. The average Bonchev–Trinajstić information content (AvgIpc) is 3.39. The minimum absolute atomic E-state index is 0.00193. The number of carbonyl (C=O) groups excluding carboxylic acids is 1. The minimum atomic E-state index is -0.502. The third-order valence-corrected chi connectivity index (χ3v) is 5.12. The van der Waals surface area contributed by atoms with Crippen LogP contribution in [0.4, 0.5) is 4.79 Å². The fourth-order valence-electron chi connectivity index (χ4n) is 3.62. The highest BCUT2D eigenvalue weighted by atomic mass is 16.6. The minimum Gasteiger partial charge on any atom is -0.444 e. The summed E-state index contributed by atoms with van der Waals surface area (Å²) in [6.45, 7) is 8.80. The standard InChI is InChI=1S/C21H32N2O3/c1-21(2,3)26-20(25)23-12-11-22(14-16-7-5-4-6-8-16)15-18(23)13-19(24)17-9-10-17/h4-8,17-19,24H,9-15H2,1-3H3/t18-,19?/m1/s1. The zero-order chi connectivity index (χ0) is 18.7. The summed E-state index contributed by atoms with van der Waals surface area (Å²) >= 11 is 0. The van der Waals surface area contributed by atoms with Gasteiger partial charge in [0.25, 0.3) is 0 Å². The second-order valence-electron chi connectivity index (χ2n) is 8.69. The fraction of sp³-hybridized carbons (Fsp3) is 0.667. The molecule has 26 heavy (non-hydrogen) atoms. The molecule has 2 fully saturated rings. The number of amides is 1. The first-order valence-electron chi connectivity index (χ1n) is 9.76. The molecular formula is C21H32N2O3. The van der Waals surface area contributed by atoms with Crippen molar-refractivity contribution in [3.8, 4) is 0 Å². The maximum Gasteiger partial charge on any atom is 0.410 e. The Morgan fingerprint density at radius 1 is 1.23 bits per heavy atom. The van der Waals surface area contributed by atoms with Crippen molar-refractivity contribution in [3.63, 3.8) is 0 Å². The first-order valence-corrected chi connectivity index (χ1v) is 9.76. The van der Waals surface area contributed by atoms with Gasteiger partial charge in [-0.3, -0.25) is 4.90 Å². The zero-order valence-electron chi connectivity index (χ0n) is 16.2. The lowest BCUT2D eigenvalue weighted by atomic mass is 10.0. The number of ether oxygens (including phenoxy) is 1. The van der Waals surface area contributed by atoms with E-state index in [1.807, 2.05) is 31.7 Å². The smallest absolute Gasteiger partial charge is 0.410 e. The lowest BCUT2D eigenvalue weighted by Crippen LogP contribution is -2.56. The number of benzene rings is 1. The summed E-state index contributed by atoms with van der Waals surface area (Å²) in [6.07, 6.45) is 2.27. The van der Waals surface area contributed by atoms with E-state index in [1.165, 1.54) is 5.56 Å². The van der Waals surface area contributed by atoms with E-state index in [2.05, 4.69) is 29.2 Å². The van der Waals surface area contributed by atoms with Crippen molar-refractivity contribution in [1.82, 2.24) is 9.80 Å². The predicted molar refractivity (Wildman–Crippen MR) is 102 cm³/mol. The Hall–Kier alpha value is -1.59. The molecule has 1 heterocycles.